The van der Waals surface area contributed by atoms with Crippen LogP contribution in [0.4, 0.5) is 0 Å². The first-order valence-corrected chi connectivity index (χ1v) is 14.1. The molecule has 3 unspecified atom stereocenters. The second-order valence-corrected chi connectivity index (χ2v) is 13.9. The van der Waals surface area contributed by atoms with Crippen LogP contribution in [0.15, 0.2) is 11.6 Å². The quantitative estimate of drug-likeness (QED) is 0.359. The van der Waals surface area contributed by atoms with Gasteiger partial charge in [0.25, 0.3) is 0 Å². The zero-order valence-electron chi connectivity index (χ0n) is 21.9. The summed E-state index contributed by atoms with van der Waals surface area (Å²) in [7, 11) is 0. The average molecular weight is 443 g/mol. The largest absolute Gasteiger partial charge is 0.393 e. The lowest BCUT2D eigenvalue weighted by Crippen LogP contribution is -2.51. The van der Waals surface area contributed by atoms with Crippen molar-refractivity contribution in [2.24, 2.45) is 58.2 Å². The van der Waals surface area contributed by atoms with Crippen LogP contribution in [0.25, 0.3) is 0 Å². The Balaban J connectivity index is 1.33. The van der Waals surface area contributed by atoms with Crippen molar-refractivity contribution in [3.8, 4) is 0 Å². The summed E-state index contributed by atoms with van der Waals surface area (Å²) in [4.78, 5) is 0. The number of epoxide rings is 1. The summed E-state index contributed by atoms with van der Waals surface area (Å²) in [6.45, 7) is 17.3. The van der Waals surface area contributed by atoms with Crippen LogP contribution in [0.1, 0.15) is 99.8 Å². The van der Waals surface area contributed by atoms with Gasteiger partial charge in [0.2, 0.25) is 0 Å². The first-order chi connectivity index (χ1) is 15.1. The second-order valence-electron chi connectivity index (χ2n) is 13.9. The first kappa shape index (κ1) is 23.4. The van der Waals surface area contributed by atoms with Crippen molar-refractivity contribution in [3.63, 3.8) is 0 Å². The van der Waals surface area contributed by atoms with Crippen molar-refractivity contribution >= 4 is 0 Å². The summed E-state index contributed by atoms with van der Waals surface area (Å²) >= 11 is 0. The molecule has 182 valence electrons. The minimum atomic E-state index is -0.0940. The predicted molar refractivity (Wildman–Crippen MR) is 132 cm³/mol. The van der Waals surface area contributed by atoms with Gasteiger partial charge in [-0.25, -0.2) is 0 Å². The smallest absolute Gasteiger partial charge is 0.0877 e. The van der Waals surface area contributed by atoms with E-state index in [4.69, 9.17) is 4.74 Å². The van der Waals surface area contributed by atoms with Gasteiger partial charge in [-0.15, -0.1) is 0 Å². The Labute approximate surface area is 198 Å². The molecule has 2 heteroatoms. The molecule has 1 aliphatic heterocycles. The highest BCUT2D eigenvalue weighted by atomic mass is 16.6. The van der Waals surface area contributed by atoms with Crippen LogP contribution in [0.2, 0.25) is 0 Å². The van der Waals surface area contributed by atoms with E-state index in [1.54, 1.807) is 5.57 Å². The maximum atomic E-state index is 10.3. The molecule has 0 aromatic heterocycles. The summed E-state index contributed by atoms with van der Waals surface area (Å²) in [6, 6.07) is 0. The molecule has 1 saturated heterocycles. The lowest BCUT2D eigenvalue weighted by molar-refractivity contribution is -0.0582. The number of hydrogen-bond donors (Lipinski definition) is 1. The van der Waals surface area contributed by atoms with Crippen LogP contribution < -0.4 is 0 Å². The Hall–Kier alpha value is -0.340. The van der Waals surface area contributed by atoms with Crippen LogP contribution in [0.3, 0.4) is 0 Å². The molecule has 0 bridgehead atoms. The third-order valence-corrected chi connectivity index (χ3v) is 11.8. The van der Waals surface area contributed by atoms with Crippen LogP contribution in [0, 0.1) is 58.2 Å². The van der Waals surface area contributed by atoms with E-state index in [0.717, 1.165) is 36.5 Å². The van der Waals surface area contributed by atoms with Crippen molar-refractivity contribution in [2.45, 2.75) is 118 Å². The summed E-state index contributed by atoms with van der Waals surface area (Å²) in [5.41, 5.74) is 2.46. The van der Waals surface area contributed by atoms with E-state index in [9.17, 15) is 5.11 Å². The molecule has 0 spiro atoms. The highest BCUT2D eigenvalue weighted by Gasteiger charge is 2.62. The van der Waals surface area contributed by atoms with Gasteiger partial charge in [0.05, 0.1) is 18.3 Å². The standard InChI is InChI=1S/C30H50O2/c1-17(2)26(18(3)4)28-27(32-28)19(5)23-10-11-24-22-9-8-20-16-21(31)12-14-29(20,6)25(22)13-15-30(23,24)7/h8,17-19,21-28,31H,9-16H2,1-7H3/t19-,21-,22?,23+,24?,25?,27-,28-,29-,30+/m0/s1. The van der Waals surface area contributed by atoms with Crippen LogP contribution in [-0.2, 0) is 4.74 Å². The summed E-state index contributed by atoms with van der Waals surface area (Å²) in [5.74, 6) is 6.24. The molecule has 4 fully saturated rings. The monoisotopic (exact) mass is 442 g/mol. The molecule has 0 amide bonds. The molecule has 0 aromatic rings. The normalized spacial score (nSPS) is 49.0. The molecule has 32 heavy (non-hydrogen) atoms. The molecule has 4 aliphatic carbocycles. The highest BCUT2D eigenvalue weighted by molar-refractivity contribution is 5.25. The highest BCUT2D eigenvalue weighted by Crippen LogP contribution is 2.68. The van der Waals surface area contributed by atoms with E-state index in [1.165, 1.54) is 38.5 Å². The molecule has 2 nitrogen and oxygen atoms in total. The van der Waals surface area contributed by atoms with Crippen LogP contribution in [0.5, 0.6) is 0 Å². The van der Waals surface area contributed by atoms with Crippen LogP contribution >= 0.6 is 0 Å². The lowest BCUT2D eigenvalue weighted by atomic mass is 9.47. The molecule has 5 rings (SSSR count). The number of aliphatic hydroxyl groups excluding tert-OH is 1. The van der Waals surface area contributed by atoms with Crippen molar-refractivity contribution in [1.82, 2.24) is 0 Å². The Bertz CT molecular complexity index is 731. The van der Waals surface area contributed by atoms with Gasteiger partial charge in [0, 0.05) is 0 Å². The second kappa shape index (κ2) is 8.11. The van der Waals surface area contributed by atoms with Gasteiger partial charge in [-0.1, -0.05) is 60.1 Å². The van der Waals surface area contributed by atoms with E-state index >= 15 is 0 Å². The van der Waals surface area contributed by atoms with Crippen molar-refractivity contribution < 1.29 is 9.84 Å². The number of hydrogen-bond acceptors (Lipinski definition) is 2. The molecule has 5 aliphatic rings. The van der Waals surface area contributed by atoms with Gasteiger partial charge >= 0.3 is 0 Å². The Kier molecular flexibility index (Phi) is 5.93. The zero-order chi connectivity index (χ0) is 23.0. The Morgan fingerprint density at radius 1 is 0.906 bits per heavy atom. The zero-order valence-corrected chi connectivity index (χ0v) is 21.9. The minimum Gasteiger partial charge on any atom is -0.393 e. The average Bonchev–Trinajstić information content (AvgIpc) is 3.40. The van der Waals surface area contributed by atoms with E-state index in [-0.39, 0.29) is 6.10 Å². The number of rotatable bonds is 5. The molecular formula is C30H50O2. The maximum Gasteiger partial charge on any atom is 0.0877 e. The minimum absolute atomic E-state index is 0.0940. The summed E-state index contributed by atoms with van der Waals surface area (Å²) < 4.78 is 6.47. The molecule has 0 aromatic carbocycles. The molecule has 3 saturated carbocycles. The number of aliphatic hydroxyl groups is 1. The molecule has 0 radical (unpaired) electrons. The number of fused-ring (bicyclic) bond motifs is 5. The van der Waals surface area contributed by atoms with E-state index in [0.29, 0.717) is 46.7 Å². The Morgan fingerprint density at radius 3 is 2.31 bits per heavy atom. The third kappa shape index (κ3) is 3.48. The SMILES string of the molecule is CC(C)C(C(C)C)[C@@H]1O[C@H]1[C@@H](C)[C@H]1CCC2C3CC=C4C[C@@H](O)CC[C@]4(C)C3CC[C@@]21C. The Morgan fingerprint density at radius 2 is 1.62 bits per heavy atom. The molecular weight excluding hydrogens is 392 g/mol. The van der Waals surface area contributed by atoms with Crippen molar-refractivity contribution in [2.75, 3.05) is 0 Å². The van der Waals surface area contributed by atoms with Gasteiger partial charge in [0.15, 0.2) is 0 Å². The number of ether oxygens (including phenoxy) is 1. The molecule has 1 N–H and O–H groups in total. The third-order valence-electron chi connectivity index (χ3n) is 11.8. The topological polar surface area (TPSA) is 32.8 Å². The lowest BCUT2D eigenvalue weighted by Gasteiger charge is -2.58. The maximum absolute atomic E-state index is 10.3. The van der Waals surface area contributed by atoms with Gasteiger partial charge in [-0.2, -0.15) is 0 Å². The van der Waals surface area contributed by atoms with Crippen molar-refractivity contribution in [1.29, 1.82) is 0 Å². The summed E-state index contributed by atoms with van der Waals surface area (Å²) in [5, 5.41) is 10.3. The van der Waals surface area contributed by atoms with E-state index in [1.807, 2.05) is 0 Å². The van der Waals surface area contributed by atoms with Gasteiger partial charge in [0.1, 0.15) is 0 Å². The van der Waals surface area contributed by atoms with Gasteiger partial charge in [-0.05, 0) is 110 Å². The fourth-order valence-corrected chi connectivity index (χ4v) is 10.2. The van der Waals surface area contributed by atoms with Gasteiger partial charge < -0.3 is 9.84 Å². The fraction of sp³-hybridized carbons (Fsp3) is 0.933. The molecule has 10 atom stereocenters. The van der Waals surface area contributed by atoms with E-state index in [2.05, 4.69) is 54.5 Å². The number of allylic oxidation sites excluding steroid dienone is 1. The molecule has 1 heterocycles. The van der Waals surface area contributed by atoms with E-state index < -0.39 is 0 Å². The predicted octanol–water partition coefficient (Wildman–Crippen LogP) is 7.26. The first-order valence-electron chi connectivity index (χ1n) is 14.1. The summed E-state index contributed by atoms with van der Waals surface area (Å²) in [6.07, 6.45) is 13.6. The van der Waals surface area contributed by atoms with Crippen molar-refractivity contribution in [3.05, 3.63) is 11.6 Å². The van der Waals surface area contributed by atoms with Gasteiger partial charge in [-0.3, -0.25) is 0 Å². The van der Waals surface area contributed by atoms with Crippen LogP contribution in [-0.4, -0.2) is 23.4 Å². The fourth-order valence-electron chi connectivity index (χ4n) is 10.2.